The van der Waals surface area contributed by atoms with Gasteiger partial charge in [0.1, 0.15) is 6.10 Å². The normalized spacial score (nSPS) is 18.2. The van der Waals surface area contributed by atoms with Crippen LogP contribution in [0.2, 0.25) is 0 Å². The van der Waals surface area contributed by atoms with Crippen molar-refractivity contribution in [1.29, 1.82) is 0 Å². The number of aliphatic hydroxyl groups is 1. The van der Waals surface area contributed by atoms with Gasteiger partial charge in [-0.2, -0.15) is 0 Å². The van der Waals surface area contributed by atoms with Crippen LogP contribution in [0.4, 0.5) is 0 Å². The van der Waals surface area contributed by atoms with Gasteiger partial charge in [0.2, 0.25) is 0 Å². The topological polar surface area (TPSA) is 37.3 Å². The fraction of sp³-hybridized carbons (Fsp3) is 0.267. The summed E-state index contributed by atoms with van der Waals surface area (Å²) in [4.78, 5) is 11.6. The zero-order valence-electron chi connectivity index (χ0n) is 9.67. The van der Waals surface area contributed by atoms with E-state index in [1.54, 1.807) is 6.08 Å². The van der Waals surface area contributed by atoms with Gasteiger partial charge in [0, 0.05) is 12.0 Å². The molecule has 1 aromatic carbocycles. The highest BCUT2D eigenvalue weighted by molar-refractivity contribution is 5.97. The molecule has 0 aromatic heterocycles. The Hall–Kier alpha value is -1.67. The van der Waals surface area contributed by atoms with Crippen LogP contribution in [0.5, 0.6) is 0 Å². The van der Waals surface area contributed by atoms with Gasteiger partial charge in [-0.1, -0.05) is 48.6 Å². The van der Waals surface area contributed by atoms with Crippen LogP contribution in [0.3, 0.4) is 0 Å². The molecular weight excluding hydrogens is 212 g/mol. The van der Waals surface area contributed by atoms with E-state index in [0.717, 1.165) is 18.4 Å². The van der Waals surface area contributed by atoms with Gasteiger partial charge in [0.05, 0.1) is 0 Å². The van der Waals surface area contributed by atoms with Crippen molar-refractivity contribution in [1.82, 2.24) is 0 Å². The molecule has 2 heteroatoms. The van der Waals surface area contributed by atoms with Gasteiger partial charge < -0.3 is 5.11 Å². The number of hydrogen-bond acceptors (Lipinski definition) is 2. The van der Waals surface area contributed by atoms with Crippen molar-refractivity contribution in [2.24, 2.45) is 0 Å². The Labute approximate surface area is 101 Å². The number of rotatable bonds is 3. The molecule has 0 radical (unpaired) electrons. The van der Waals surface area contributed by atoms with Crippen LogP contribution < -0.4 is 0 Å². The van der Waals surface area contributed by atoms with Crippen LogP contribution in [0.15, 0.2) is 48.1 Å². The van der Waals surface area contributed by atoms with Crippen molar-refractivity contribution >= 4 is 11.9 Å². The lowest BCUT2D eigenvalue weighted by molar-refractivity contribution is -0.116. The first-order chi connectivity index (χ1) is 8.27. The molecule has 0 fully saturated rings. The van der Waals surface area contributed by atoms with E-state index in [1.807, 2.05) is 42.5 Å². The Morgan fingerprint density at radius 3 is 2.71 bits per heavy atom. The maximum absolute atomic E-state index is 11.6. The summed E-state index contributed by atoms with van der Waals surface area (Å²) in [6.45, 7) is 0. The zero-order valence-corrected chi connectivity index (χ0v) is 9.67. The molecule has 1 unspecified atom stereocenters. The van der Waals surface area contributed by atoms with Gasteiger partial charge in [-0.05, 0) is 18.4 Å². The van der Waals surface area contributed by atoms with Gasteiger partial charge in [-0.3, -0.25) is 4.79 Å². The van der Waals surface area contributed by atoms with Crippen molar-refractivity contribution in [3.63, 3.8) is 0 Å². The molecule has 1 atom stereocenters. The second-order valence-electron chi connectivity index (χ2n) is 4.19. The molecule has 2 rings (SSSR count). The largest absolute Gasteiger partial charge is 0.384 e. The van der Waals surface area contributed by atoms with E-state index < -0.39 is 6.10 Å². The van der Waals surface area contributed by atoms with Crippen LogP contribution >= 0.6 is 0 Å². The second kappa shape index (κ2) is 5.60. The fourth-order valence-electron chi connectivity index (χ4n) is 1.93. The number of allylic oxidation sites excluding steroid dienone is 1. The lowest BCUT2D eigenvalue weighted by atomic mass is 9.93. The molecule has 0 heterocycles. The van der Waals surface area contributed by atoms with Crippen LogP contribution in [0.1, 0.15) is 24.8 Å². The van der Waals surface area contributed by atoms with Gasteiger partial charge in [0.25, 0.3) is 0 Å². The van der Waals surface area contributed by atoms with E-state index >= 15 is 0 Å². The van der Waals surface area contributed by atoms with Crippen molar-refractivity contribution < 1.29 is 9.90 Å². The van der Waals surface area contributed by atoms with E-state index in [2.05, 4.69) is 0 Å². The highest BCUT2D eigenvalue weighted by atomic mass is 16.3. The van der Waals surface area contributed by atoms with Crippen molar-refractivity contribution in [2.75, 3.05) is 0 Å². The lowest BCUT2D eigenvalue weighted by Crippen LogP contribution is -2.18. The molecule has 1 N–H and O–H groups in total. The summed E-state index contributed by atoms with van der Waals surface area (Å²) in [5, 5.41) is 9.93. The molecule has 0 amide bonds. The first-order valence-electron chi connectivity index (χ1n) is 5.92. The molecule has 1 aliphatic rings. The maximum Gasteiger partial charge on any atom is 0.161 e. The molecule has 2 nitrogen and oxygen atoms in total. The first kappa shape index (κ1) is 11.8. The minimum absolute atomic E-state index is 0.0708. The molecule has 88 valence electrons. The summed E-state index contributed by atoms with van der Waals surface area (Å²) >= 11 is 0. The fourth-order valence-corrected chi connectivity index (χ4v) is 1.93. The molecule has 0 spiro atoms. The summed E-state index contributed by atoms with van der Waals surface area (Å²) in [5.74, 6) is 0.0708. The number of benzene rings is 1. The van der Waals surface area contributed by atoms with Crippen molar-refractivity contribution in [2.45, 2.75) is 25.4 Å². The van der Waals surface area contributed by atoms with E-state index in [-0.39, 0.29) is 5.78 Å². The summed E-state index contributed by atoms with van der Waals surface area (Å²) in [6.07, 6.45) is 6.93. The van der Waals surface area contributed by atoms with Crippen LogP contribution in [0, 0.1) is 0 Å². The predicted molar refractivity (Wildman–Crippen MR) is 68.4 cm³/mol. The van der Waals surface area contributed by atoms with E-state index in [4.69, 9.17) is 0 Å². The quantitative estimate of drug-likeness (QED) is 0.863. The number of carbonyl (C=O) groups is 1. The third-order valence-electron chi connectivity index (χ3n) is 2.88. The van der Waals surface area contributed by atoms with Crippen LogP contribution in [-0.2, 0) is 4.79 Å². The highest BCUT2D eigenvalue weighted by Gasteiger charge is 2.18. The predicted octanol–water partition coefficient (Wildman–Crippen LogP) is 2.74. The Balaban J connectivity index is 2.06. The molecule has 1 aromatic rings. The zero-order chi connectivity index (χ0) is 12.1. The number of aliphatic hydroxyl groups excluding tert-OH is 1. The molecule has 17 heavy (non-hydrogen) atoms. The average Bonchev–Trinajstić information content (AvgIpc) is 2.38. The van der Waals surface area contributed by atoms with E-state index in [1.165, 1.54) is 0 Å². The molecule has 0 aliphatic heterocycles. The van der Waals surface area contributed by atoms with Crippen LogP contribution in [-0.4, -0.2) is 17.0 Å². The van der Waals surface area contributed by atoms with Gasteiger partial charge in [0.15, 0.2) is 5.78 Å². The number of Topliss-reactive ketones (excluding diaryl/α,β-unsaturated/α-hetero) is 1. The number of ketones is 1. The van der Waals surface area contributed by atoms with Gasteiger partial charge in [-0.15, -0.1) is 0 Å². The average molecular weight is 228 g/mol. The third kappa shape index (κ3) is 3.14. The summed E-state index contributed by atoms with van der Waals surface area (Å²) in [5.41, 5.74) is 1.57. The smallest absolute Gasteiger partial charge is 0.161 e. The standard InChI is InChI=1S/C15H16O2/c16-14-9-5-4-8-13(14)15(17)11-10-12-6-2-1-3-7-12/h1-3,6-8,10-11,15,17H,4-5,9H2/b11-10+. The molecule has 0 bridgehead atoms. The monoisotopic (exact) mass is 228 g/mol. The molecule has 0 saturated carbocycles. The van der Waals surface area contributed by atoms with Gasteiger partial charge >= 0.3 is 0 Å². The highest BCUT2D eigenvalue weighted by Crippen LogP contribution is 2.18. The number of carbonyl (C=O) groups excluding carboxylic acids is 1. The Morgan fingerprint density at radius 2 is 2.00 bits per heavy atom. The van der Waals surface area contributed by atoms with Crippen molar-refractivity contribution in [3.05, 3.63) is 53.6 Å². The molecular formula is C15H16O2. The summed E-state index contributed by atoms with van der Waals surface area (Å²) in [7, 11) is 0. The second-order valence-corrected chi connectivity index (χ2v) is 4.19. The van der Waals surface area contributed by atoms with Crippen LogP contribution in [0.25, 0.3) is 6.08 Å². The van der Waals surface area contributed by atoms with Gasteiger partial charge in [-0.25, -0.2) is 0 Å². The SMILES string of the molecule is O=C1CCCC=C1C(O)/C=C/c1ccccc1. The Morgan fingerprint density at radius 1 is 1.24 bits per heavy atom. The minimum Gasteiger partial charge on any atom is -0.384 e. The maximum atomic E-state index is 11.6. The lowest BCUT2D eigenvalue weighted by Gasteiger charge is -2.14. The number of hydrogen-bond donors (Lipinski definition) is 1. The summed E-state index contributed by atoms with van der Waals surface area (Å²) in [6, 6.07) is 9.75. The Kier molecular flexibility index (Phi) is 3.89. The van der Waals surface area contributed by atoms with E-state index in [0.29, 0.717) is 12.0 Å². The molecule has 0 saturated heterocycles. The van der Waals surface area contributed by atoms with E-state index in [9.17, 15) is 9.90 Å². The molecule has 1 aliphatic carbocycles. The third-order valence-corrected chi connectivity index (χ3v) is 2.88. The first-order valence-corrected chi connectivity index (χ1v) is 5.92. The Bertz CT molecular complexity index is 443. The minimum atomic E-state index is -0.775. The summed E-state index contributed by atoms with van der Waals surface area (Å²) < 4.78 is 0. The van der Waals surface area contributed by atoms with Crippen molar-refractivity contribution in [3.8, 4) is 0 Å².